The number of ketones is 1. The van der Waals surface area contributed by atoms with Crippen LogP contribution in [0.1, 0.15) is 28.9 Å². The molecule has 0 bridgehead atoms. The predicted molar refractivity (Wildman–Crippen MR) is 68.7 cm³/mol. The Balaban J connectivity index is 2.02. The maximum atomic E-state index is 11.8. The van der Waals surface area contributed by atoms with E-state index in [9.17, 15) is 9.59 Å². The standard InChI is InChI=1S/C14H13NO4/c16-12-3-1-2-9-10-6-8(19-7-13(17)18)4-5-11(10)15-14(9)12/h4-6,15H,1-3,7H2,(H,17,18). The van der Waals surface area contributed by atoms with Gasteiger partial charge in [-0.15, -0.1) is 0 Å². The second-order valence-corrected chi connectivity index (χ2v) is 4.65. The van der Waals surface area contributed by atoms with Crippen LogP contribution in [0.25, 0.3) is 10.9 Å². The van der Waals surface area contributed by atoms with Crippen molar-refractivity contribution in [3.05, 3.63) is 29.5 Å². The molecule has 0 spiro atoms. The topological polar surface area (TPSA) is 79.4 Å². The van der Waals surface area contributed by atoms with Crippen LogP contribution in [0.3, 0.4) is 0 Å². The first kappa shape index (κ1) is 11.8. The van der Waals surface area contributed by atoms with Gasteiger partial charge in [0.15, 0.2) is 12.4 Å². The largest absolute Gasteiger partial charge is 0.482 e. The van der Waals surface area contributed by atoms with Gasteiger partial charge in [-0.25, -0.2) is 4.79 Å². The fourth-order valence-corrected chi connectivity index (χ4v) is 2.51. The summed E-state index contributed by atoms with van der Waals surface area (Å²) in [5.41, 5.74) is 2.60. The number of carbonyl (C=O) groups is 2. The lowest BCUT2D eigenvalue weighted by molar-refractivity contribution is -0.139. The summed E-state index contributed by atoms with van der Waals surface area (Å²) in [6.45, 7) is -0.364. The van der Waals surface area contributed by atoms with E-state index >= 15 is 0 Å². The average molecular weight is 259 g/mol. The maximum absolute atomic E-state index is 11.8. The highest BCUT2D eigenvalue weighted by molar-refractivity contribution is 6.03. The number of carboxylic acids is 1. The van der Waals surface area contributed by atoms with E-state index in [1.165, 1.54) is 0 Å². The Bertz CT molecular complexity index is 671. The summed E-state index contributed by atoms with van der Waals surface area (Å²) >= 11 is 0. The molecule has 1 aromatic carbocycles. The van der Waals surface area contributed by atoms with Crippen LogP contribution in [0.5, 0.6) is 5.75 Å². The van der Waals surface area contributed by atoms with Crippen LogP contribution in [0, 0.1) is 0 Å². The second kappa shape index (κ2) is 4.42. The summed E-state index contributed by atoms with van der Waals surface area (Å²) in [7, 11) is 0. The molecule has 98 valence electrons. The van der Waals surface area contributed by atoms with Gasteiger partial charge in [-0.2, -0.15) is 0 Å². The van der Waals surface area contributed by atoms with Crippen LogP contribution in [0.2, 0.25) is 0 Å². The van der Waals surface area contributed by atoms with E-state index in [2.05, 4.69) is 4.98 Å². The second-order valence-electron chi connectivity index (χ2n) is 4.65. The third-order valence-electron chi connectivity index (χ3n) is 3.35. The molecule has 2 aromatic rings. The molecule has 0 saturated heterocycles. The van der Waals surface area contributed by atoms with E-state index in [0.29, 0.717) is 17.9 Å². The lowest BCUT2D eigenvalue weighted by Gasteiger charge is -2.09. The van der Waals surface area contributed by atoms with Crippen molar-refractivity contribution in [1.82, 2.24) is 4.98 Å². The van der Waals surface area contributed by atoms with Crippen molar-refractivity contribution in [2.75, 3.05) is 6.61 Å². The van der Waals surface area contributed by atoms with Gasteiger partial charge in [0.05, 0.1) is 5.69 Å². The van der Waals surface area contributed by atoms with Gasteiger partial charge >= 0.3 is 5.97 Å². The van der Waals surface area contributed by atoms with Gasteiger partial charge in [0.25, 0.3) is 0 Å². The highest BCUT2D eigenvalue weighted by atomic mass is 16.5. The molecule has 5 heteroatoms. The zero-order chi connectivity index (χ0) is 13.4. The molecule has 5 nitrogen and oxygen atoms in total. The summed E-state index contributed by atoms with van der Waals surface area (Å²) in [5, 5.41) is 9.55. The van der Waals surface area contributed by atoms with Crippen molar-refractivity contribution < 1.29 is 19.4 Å². The molecular formula is C14H13NO4. The number of carbonyl (C=O) groups excluding carboxylic acids is 1. The van der Waals surface area contributed by atoms with Crippen LogP contribution in [0.15, 0.2) is 18.2 Å². The van der Waals surface area contributed by atoms with Gasteiger partial charge in [-0.05, 0) is 36.6 Å². The molecule has 0 aliphatic heterocycles. The van der Waals surface area contributed by atoms with Crippen LogP contribution >= 0.6 is 0 Å². The first-order valence-electron chi connectivity index (χ1n) is 6.17. The van der Waals surface area contributed by atoms with Crippen molar-refractivity contribution in [2.45, 2.75) is 19.3 Å². The number of rotatable bonds is 3. The SMILES string of the molecule is O=C(O)COc1ccc2[nH]c3c(c2c1)CCCC3=O. The number of H-pyrrole nitrogens is 1. The zero-order valence-electron chi connectivity index (χ0n) is 10.2. The number of aliphatic carboxylic acids is 1. The Labute approximate surface area is 109 Å². The summed E-state index contributed by atoms with van der Waals surface area (Å²) < 4.78 is 5.16. The summed E-state index contributed by atoms with van der Waals surface area (Å²) in [4.78, 5) is 25.4. The Kier molecular flexibility index (Phi) is 2.74. The summed E-state index contributed by atoms with van der Waals surface area (Å²) in [6.07, 6.45) is 2.31. The van der Waals surface area contributed by atoms with E-state index < -0.39 is 5.97 Å². The number of benzene rings is 1. The lowest BCUT2D eigenvalue weighted by Crippen LogP contribution is -2.10. The van der Waals surface area contributed by atoms with Crippen molar-refractivity contribution in [1.29, 1.82) is 0 Å². The monoisotopic (exact) mass is 259 g/mol. The van der Waals surface area contributed by atoms with Crippen LogP contribution < -0.4 is 4.74 Å². The Morgan fingerprint density at radius 2 is 2.21 bits per heavy atom. The minimum atomic E-state index is -1.01. The van der Waals surface area contributed by atoms with Crippen molar-refractivity contribution in [2.24, 2.45) is 0 Å². The van der Waals surface area contributed by atoms with Gasteiger partial charge in [0.1, 0.15) is 5.75 Å². The molecule has 0 radical (unpaired) electrons. The molecule has 0 amide bonds. The van der Waals surface area contributed by atoms with Crippen molar-refractivity contribution >= 4 is 22.7 Å². The minimum Gasteiger partial charge on any atom is -0.482 e. The number of aromatic amines is 1. The average Bonchev–Trinajstić information content (AvgIpc) is 2.76. The lowest BCUT2D eigenvalue weighted by atomic mass is 9.95. The molecule has 19 heavy (non-hydrogen) atoms. The highest BCUT2D eigenvalue weighted by Gasteiger charge is 2.21. The van der Waals surface area contributed by atoms with Gasteiger partial charge in [-0.3, -0.25) is 4.79 Å². The van der Waals surface area contributed by atoms with E-state index in [-0.39, 0.29) is 12.4 Å². The number of carboxylic acid groups (broad SMARTS) is 1. The number of ether oxygens (including phenoxy) is 1. The first-order valence-corrected chi connectivity index (χ1v) is 6.17. The summed E-state index contributed by atoms with van der Waals surface area (Å²) in [6, 6.07) is 5.32. The normalized spacial score (nSPS) is 14.4. The number of hydrogen-bond acceptors (Lipinski definition) is 3. The number of aromatic nitrogens is 1. The van der Waals surface area contributed by atoms with Crippen LogP contribution in [-0.2, 0) is 11.2 Å². The Morgan fingerprint density at radius 3 is 3.00 bits per heavy atom. The number of Topliss-reactive ketones (excluding diaryl/α,β-unsaturated/α-hetero) is 1. The van der Waals surface area contributed by atoms with Crippen LogP contribution in [0.4, 0.5) is 0 Å². The fraction of sp³-hybridized carbons (Fsp3) is 0.286. The molecule has 1 heterocycles. The van der Waals surface area contributed by atoms with E-state index in [4.69, 9.17) is 9.84 Å². The Hall–Kier alpha value is -2.30. The number of fused-ring (bicyclic) bond motifs is 3. The molecule has 1 aromatic heterocycles. The van der Waals surface area contributed by atoms with Gasteiger partial charge < -0.3 is 14.8 Å². The Morgan fingerprint density at radius 1 is 1.37 bits per heavy atom. The molecule has 0 fully saturated rings. The quantitative estimate of drug-likeness (QED) is 0.885. The van der Waals surface area contributed by atoms with E-state index in [0.717, 1.165) is 29.3 Å². The number of aryl methyl sites for hydroxylation is 1. The third kappa shape index (κ3) is 2.07. The van der Waals surface area contributed by atoms with Gasteiger partial charge in [0, 0.05) is 17.3 Å². The number of nitrogens with one attached hydrogen (secondary N) is 1. The molecular weight excluding hydrogens is 246 g/mol. The molecule has 0 unspecified atom stereocenters. The molecule has 3 rings (SSSR count). The van der Waals surface area contributed by atoms with Crippen molar-refractivity contribution in [3.63, 3.8) is 0 Å². The molecule has 0 atom stereocenters. The highest BCUT2D eigenvalue weighted by Crippen LogP contribution is 2.31. The third-order valence-corrected chi connectivity index (χ3v) is 3.35. The minimum absolute atomic E-state index is 0.144. The molecule has 0 saturated carbocycles. The van der Waals surface area contributed by atoms with Crippen molar-refractivity contribution in [3.8, 4) is 5.75 Å². The zero-order valence-corrected chi connectivity index (χ0v) is 10.2. The predicted octanol–water partition coefficient (Wildman–Crippen LogP) is 2.15. The number of hydrogen-bond donors (Lipinski definition) is 2. The molecule has 1 aliphatic carbocycles. The first-order chi connectivity index (χ1) is 9.15. The van der Waals surface area contributed by atoms with Crippen LogP contribution in [-0.4, -0.2) is 28.4 Å². The maximum Gasteiger partial charge on any atom is 0.341 e. The van der Waals surface area contributed by atoms with Gasteiger partial charge in [-0.1, -0.05) is 0 Å². The summed E-state index contributed by atoms with van der Waals surface area (Å²) in [5.74, 6) is -0.355. The smallest absolute Gasteiger partial charge is 0.341 e. The van der Waals surface area contributed by atoms with E-state index in [1.54, 1.807) is 12.1 Å². The van der Waals surface area contributed by atoms with Gasteiger partial charge in [0.2, 0.25) is 0 Å². The van der Waals surface area contributed by atoms with E-state index in [1.807, 2.05) is 6.07 Å². The molecule has 1 aliphatic rings. The molecule has 2 N–H and O–H groups in total. The fourth-order valence-electron chi connectivity index (χ4n) is 2.51.